The monoisotopic (exact) mass is 794 g/mol. The van der Waals surface area contributed by atoms with E-state index in [1.54, 1.807) is 31.4 Å². The lowest BCUT2D eigenvalue weighted by molar-refractivity contribution is -0.136. The van der Waals surface area contributed by atoms with Gasteiger partial charge in [0, 0.05) is 55.1 Å². The molecule has 0 saturated carbocycles. The molecule has 2 aliphatic heterocycles. The topological polar surface area (TPSA) is 208 Å². The molecule has 1 unspecified atom stereocenters. The van der Waals surface area contributed by atoms with E-state index in [0.717, 1.165) is 38.2 Å². The minimum absolute atomic E-state index is 0.0157. The van der Waals surface area contributed by atoms with Crippen molar-refractivity contribution in [1.82, 2.24) is 31.2 Å². The van der Waals surface area contributed by atoms with Crippen molar-refractivity contribution in [2.45, 2.75) is 38.6 Å². The number of rotatable bonds is 14. The Bertz CT molecular complexity index is 2520. The number of pyridine rings is 1. The Morgan fingerprint density at radius 2 is 1.56 bits per heavy atom. The van der Waals surface area contributed by atoms with Crippen LogP contribution in [0.3, 0.4) is 0 Å². The molecule has 0 spiro atoms. The lowest BCUT2D eigenvalue weighted by atomic mass is 9.97. The Morgan fingerprint density at radius 3 is 2.31 bits per heavy atom. The highest BCUT2D eigenvalue weighted by Crippen LogP contribution is 2.34. The Morgan fingerprint density at radius 1 is 0.814 bits per heavy atom. The molecule has 59 heavy (non-hydrogen) atoms. The molecule has 7 amide bonds. The van der Waals surface area contributed by atoms with Crippen molar-refractivity contribution >= 4 is 69.3 Å². The second-order valence-corrected chi connectivity index (χ2v) is 14.2. The zero-order chi connectivity index (χ0) is 41.6. The predicted molar refractivity (Wildman–Crippen MR) is 221 cm³/mol. The van der Waals surface area contributed by atoms with E-state index < -0.39 is 29.7 Å². The van der Waals surface area contributed by atoms with Gasteiger partial charge in [-0.1, -0.05) is 42.5 Å². The maximum absolute atomic E-state index is 13.3. The van der Waals surface area contributed by atoms with Crippen molar-refractivity contribution in [2.75, 3.05) is 37.3 Å². The maximum Gasteiger partial charge on any atom is 0.264 e. The van der Waals surface area contributed by atoms with Crippen LogP contribution in [0.4, 0.5) is 17.1 Å². The van der Waals surface area contributed by atoms with Gasteiger partial charge in [0.15, 0.2) is 0 Å². The number of anilines is 3. The van der Waals surface area contributed by atoms with Crippen LogP contribution in [0.5, 0.6) is 0 Å². The first-order chi connectivity index (χ1) is 28.5. The number of nitrogens with one attached hydrogen (secondary N) is 6. The third kappa shape index (κ3) is 8.49. The molecular weight excluding hydrogens is 753 g/mol. The molecule has 15 nitrogen and oxygen atoms in total. The van der Waals surface area contributed by atoms with Gasteiger partial charge in [0.1, 0.15) is 6.04 Å². The number of piperidine rings is 1. The van der Waals surface area contributed by atoms with Crippen molar-refractivity contribution < 1.29 is 33.6 Å². The SMILES string of the molecule is CNC(=O)c1cnc2ccc(-c3ccc(C(=O)NCCCCNC(=O)CNc4cccc5c4C(=O)N(C4CCC(=O)NC4=O)C5=O)c(C)c3)cc2c1Nc1ccccc1. The van der Waals surface area contributed by atoms with Gasteiger partial charge in [0.25, 0.3) is 23.6 Å². The van der Waals surface area contributed by atoms with E-state index >= 15 is 0 Å². The first-order valence-corrected chi connectivity index (χ1v) is 19.3. The molecule has 15 heteroatoms. The molecule has 4 aromatic carbocycles. The van der Waals surface area contributed by atoms with Crippen molar-refractivity contribution in [3.05, 3.63) is 119 Å². The maximum atomic E-state index is 13.3. The molecular formula is C44H42N8O7. The number of hydrogen-bond acceptors (Lipinski definition) is 10. The Hall–Kier alpha value is -7.42. The van der Waals surface area contributed by atoms with Gasteiger partial charge in [-0.25, -0.2) is 0 Å². The lowest BCUT2D eigenvalue weighted by Gasteiger charge is -2.27. The molecule has 0 aliphatic carbocycles. The van der Waals surface area contributed by atoms with E-state index in [-0.39, 0.29) is 53.9 Å². The minimum Gasteiger partial charge on any atom is -0.375 e. The highest BCUT2D eigenvalue weighted by Gasteiger charge is 2.45. The number of aryl methyl sites for hydroxylation is 1. The van der Waals surface area contributed by atoms with Crippen LogP contribution in [0, 0.1) is 6.92 Å². The molecule has 0 bridgehead atoms. The molecule has 0 radical (unpaired) electrons. The third-order valence-corrected chi connectivity index (χ3v) is 10.3. The van der Waals surface area contributed by atoms with Gasteiger partial charge in [0.2, 0.25) is 17.7 Å². The Kier molecular flexibility index (Phi) is 11.7. The van der Waals surface area contributed by atoms with Crippen LogP contribution in [-0.4, -0.2) is 84.0 Å². The van der Waals surface area contributed by atoms with Crippen molar-refractivity contribution in [3.63, 3.8) is 0 Å². The molecule has 1 saturated heterocycles. The number of imide groups is 2. The summed E-state index contributed by atoms with van der Waals surface area (Å²) in [6.45, 7) is 2.46. The summed E-state index contributed by atoms with van der Waals surface area (Å²) >= 11 is 0. The zero-order valence-corrected chi connectivity index (χ0v) is 32.4. The van der Waals surface area contributed by atoms with Gasteiger partial charge < -0.3 is 26.6 Å². The van der Waals surface area contributed by atoms with E-state index in [2.05, 4.69) is 36.9 Å². The number of amides is 7. The standard InChI is InChI=1S/C44H42N8O7/c1-25-21-26(27-14-16-33-31(22-27)39(32(23-48-33)40(55)45-2)50-28-9-4-3-5-10-28)13-15-29(25)41(56)47-20-7-6-19-46-37(54)24-49-34-12-8-11-30-38(34)44(59)52(43(30)58)35-17-18-36(53)51-42(35)57/h3-5,8-16,21-23,35,49H,6-7,17-20,24H2,1-2H3,(H,45,55)(H,46,54)(H,47,56)(H,48,50)(H,51,53,57). The second kappa shape index (κ2) is 17.4. The number of para-hydroxylation sites is 1. The summed E-state index contributed by atoms with van der Waals surface area (Å²) in [5.41, 5.74) is 6.19. The second-order valence-electron chi connectivity index (χ2n) is 14.2. The number of carbonyl (C=O) groups is 7. The summed E-state index contributed by atoms with van der Waals surface area (Å²) < 4.78 is 0. The molecule has 6 N–H and O–H groups in total. The smallest absolute Gasteiger partial charge is 0.264 e. The van der Waals surface area contributed by atoms with Gasteiger partial charge in [0.05, 0.1) is 34.4 Å². The molecule has 1 aromatic heterocycles. The Balaban J connectivity index is 0.896. The van der Waals surface area contributed by atoms with Crippen molar-refractivity contribution in [2.24, 2.45) is 0 Å². The number of aromatic nitrogens is 1. The van der Waals surface area contributed by atoms with Gasteiger partial charge in [-0.05, 0) is 85.3 Å². The quantitative estimate of drug-likeness (QED) is 0.0688. The number of benzene rings is 4. The van der Waals surface area contributed by atoms with E-state index in [1.165, 1.54) is 6.07 Å². The molecule has 5 aromatic rings. The van der Waals surface area contributed by atoms with Crippen LogP contribution in [0.25, 0.3) is 22.0 Å². The number of nitrogens with zero attached hydrogens (tertiary/aromatic N) is 2. The van der Waals surface area contributed by atoms with Gasteiger partial charge >= 0.3 is 0 Å². The number of fused-ring (bicyclic) bond motifs is 2. The van der Waals surface area contributed by atoms with Crippen molar-refractivity contribution in [3.8, 4) is 11.1 Å². The van der Waals surface area contributed by atoms with E-state index in [0.29, 0.717) is 42.7 Å². The number of unbranched alkanes of at least 4 members (excludes halogenated alkanes) is 1. The first-order valence-electron chi connectivity index (χ1n) is 19.3. The summed E-state index contributed by atoms with van der Waals surface area (Å²) in [6, 6.07) is 24.6. The molecule has 1 atom stereocenters. The van der Waals surface area contributed by atoms with Crippen molar-refractivity contribution in [1.29, 1.82) is 0 Å². The van der Waals surface area contributed by atoms with E-state index in [9.17, 15) is 33.6 Å². The first kappa shape index (κ1) is 39.8. The van der Waals surface area contributed by atoms with Crippen LogP contribution < -0.4 is 31.9 Å². The normalized spacial score (nSPS) is 14.7. The van der Waals surface area contributed by atoms with Crippen LogP contribution >= 0.6 is 0 Å². The number of carbonyl (C=O) groups excluding carboxylic acids is 7. The molecule has 3 heterocycles. The van der Waals surface area contributed by atoms with Crippen LogP contribution in [0.1, 0.15) is 72.7 Å². The number of hydrogen-bond donors (Lipinski definition) is 6. The van der Waals surface area contributed by atoms with E-state index in [1.807, 2.05) is 67.6 Å². The highest BCUT2D eigenvalue weighted by atomic mass is 16.2. The molecule has 2 aliphatic rings. The highest BCUT2D eigenvalue weighted by molar-refractivity contribution is 6.25. The molecule has 7 rings (SSSR count). The summed E-state index contributed by atoms with van der Waals surface area (Å²) in [6.07, 6.45) is 2.83. The van der Waals surface area contributed by atoms with Gasteiger partial charge in [-0.3, -0.25) is 48.8 Å². The largest absolute Gasteiger partial charge is 0.375 e. The summed E-state index contributed by atoms with van der Waals surface area (Å²) in [4.78, 5) is 94.3. The molecule has 300 valence electrons. The summed E-state index contributed by atoms with van der Waals surface area (Å²) in [5, 5.41) is 17.7. The fourth-order valence-corrected chi connectivity index (χ4v) is 7.25. The molecule has 1 fully saturated rings. The zero-order valence-electron chi connectivity index (χ0n) is 32.4. The lowest BCUT2D eigenvalue weighted by Crippen LogP contribution is -2.54. The average Bonchev–Trinajstić information content (AvgIpc) is 3.49. The van der Waals surface area contributed by atoms with Crippen LogP contribution in [0.15, 0.2) is 91.1 Å². The van der Waals surface area contributed by atoms with Gasteiger partial charge in [-0.2, -0.15) is 0 Å². The Labute approximate surface area is 339 Å². The van der Waals surface area contributed by atoms with Gasteiger partial charge in [-0.15, -0.1) is 0 Å². The van der Waals surface area contributed by atoms with Crippen LogP contribution in [0.2, 0.25) is 0 Å². The minimum atomic E-state index is -1.09. The third-order valence-electron chi connectivity index (χ3n) is 10.3. The summed E-state index contributed by atoms with van der Waals surface area (Å²) in [5.74, 6) is -3.25. The van der Waals surface area contributed by atoms with E-state index in [4.69, 9.17) is 0 Å². The summed E-state index contributed by atoms with van der Waals surface area (Å²) in [7, 11) is 1.58. The predicted octanol–water partition coefficient (Wildman–Crippen LogP) is 4.45. The fraction of sp³-hybridized carbons (Fsp3) is 0.227. The fourth-order valence-electron chi connectivity index (χ4n) is 7.25. The average molecular weight is 795 g/mol. The van der Waals surface area contributed by atoms with Crippen LogP contribution in [-0.2, 0) is 14.4 Å².